The maximum atomic E-state index is 11.7. The Morgan fingerprint density at radius 3 is 2.63 bits per heavy atom. The molecule has 156 valence electrons. The lowest BCUT2D eigenvalue weighted by Crippen LogP contribution is -2.03. The van der Waals surface area contributed by atoms with Crippen LogP contribution in [0.15, 0.2) is 50.9 Å². The lowest BCUT2D eigenvalue weighted by molar-refractivity contribution is -0.131. The minimum absolute atomic E-state index is 0.0376. The van der Waals surface area contributed by atoms with Crippen molar-refractivity contribution in [1.82, 2.24) is 15.2 Å². The molecule has 0 bridgehead atoms. The van der Waals surface area contributed by atoms with Crippen LogP contribution in [-0.2, 0) is 16.0 Å². The van der Waals surface area contributed by atoms with E-state index in [2.05, 4.69) is 15.2 Å². The Balaban J connectivity index is 1.76. The van der Waals surface area contributed by atoms with E-state index < -0.39 is 5.97 Å². The zero-order valence-electron chi connectivity index (χ0n) is 16.5. The number of ether oxygens (including phenoxy) is 1. The number of thioether (sulfide) groups is 1. The Kier molecular flexibility index (Phi) is 7.08. The topological polar surface area (TPSA) is 118 Å². The number of carboxylic acid groups (broad SMARTS) is 1. The number of aromatic nitrogens is 3. The number of hydrogen-bond acceptors (Lipinski definition) is 7. The number of carbonyl (C=O) groups excluding carboxylic acids is 1. The van der Waals surface area contributed by atoms with Gasteiger partial charge in [0.25, 0.3) is 0 Å². The number of nitrogens with zero attached hydrogens (tertiary/aromatic N) is 2. The van der Waals surface area contributed by atoms with Crippen LogP contribution in [0.5, 0.6) is 0 Å². The van der Waals surface area contributed by atoms with Crippen LogP contribution in [0.4, 0.5) is 0 Å². The molecule has 0 aliphatic carbocycles. The van der Waals surface area contributed by atoms with Crippen molar-refractivity contribution < 1.29 is 23.8 Å². The molecule has 0 spiro atoms. The summed E-state index contributed by atoms with van der Waals surface area (Å²) in [5.41, 5.74) is 1.20. The molecule has 0 radical (unpaired) electrons. The molecule has 3 rings (SSSR count). The van der Waals surface area contributed by atoms with Gasteiger partial charge in [0.15, 0.2) is 0 Å². The number of aryl methyl sites for hydroxylation is 1. The SMILES string of the molecule is CCCc1nc(S/C(=C\c2ccc(-c3ccc(C(=O)OCC)cc3)o2)C(=O)O)n[nH]1. The number of furan rings is 1. The maximum absolute atomic E-state index is 11.7. The highest BCUT2D eigenvalue weighted by Gasteiger charge is 2.15. The van der Waals surface area contributed by atoms with E-state index in [0.717, 1.165) is 36.0 Å². The summed E-state index contributed by atoms with van der Waals surface area (Å²) in [4.78, 5) is 27.7. The van der Waals surface area contributed by atoms with Gasteiger partial charge in [-0.3, -0.25) is 5.10 Å². The van der Waals surface area contributed by atoms with Crippen molar-refractivity contribution in [1.29, 1.82) is 0 Å². The van der Waals surface area contributed by atoms with E-state index >= 15 is 0 Å². The van der Waals surface area contributed by atoms with Crippen molar-refractivity contribution in [2.24, 2.45) is 0 Å². The van der Waals surface area contributed by atoms with Gasteiger partial charge in [-0.2, -0.15) is 0 Å². The van der Waals surface area contributed by atoms with Crippen LogP contribution >= 0.6 is 11.8 Å². The number of aliphatic carboxylic acids is 1. The molecule has 2 heterocycles. The van der Waals surface area contributed by atoms with Crippen molar-refractivity contribution in [2.75, 3.05) is 6.61 Å². The van der Waals surface area contributed by atoms with E-state index in [-0.39, 0.29) is 10.9 Å². The maximum Gasteiger partial charge on any atom is 0.342 e. The molecule has 0 saturated carbocycles. The van der Waals surface area contributed by atoms with Gasteiger partial charge in [0, 0.05) is 18.1 Å². The second-order valence-corrected chi connectivity index (χ2v) is 7.24. The van der Waals surface area contributed by atoms with Gasteiger partial charge >= 0.3 is 11.9 Å². The highest BCUT2D eigenvalue weighted by Crippen LogP contribution is 2.29. The van der Waals surface area contributed by atoms with Gasteiger partial charge in [-0.05, 0) is 49.4 Å². The van der Waals surface area contributed by atoms with Gasteiger partial charge < -0.3 is 14.3 Å². The van der Waals surface area contributed by atoms with Crippen LogP contribution in [0.2, 0.25) is 0 Å². The van der Waals surface area contributed by atoms with E-state index in [9.17, 15) is 14.7 Å². The number of hydrogen-bond donors (Lipinski definition) is 2. The number of H-pyrrole nitrogens is 1. The molecule has 0 atom stereocenters. The first-order valence-corrected chi connectivity index (χ1v) is 10.2. The molecule has 0 saturated heterocycles. The largest absolute Gasteiger partial charge is 0.477 e. The molecule has 8 nitrogen and oxygen atoms in total. The lowest BCUT2D eigenvalue weighted by atomic mass is 10.1. The van der Waals surface area contributed by atoms with E-state index in [1.165, 1.54) is 6.08 Å². The third-order valence-corrected chi connectivity index (χ3v) is 4.87. The van der Waals surface area contributed by atoms with Gasteiger partial charge in [0.05, 0.1) is 12.2 Å². The Bertz CT molecular complexity index is 1050. The van der Waals surface area contributed by atoms with Gasteiger partial charge in [-0.15, -0.1) is 5.10 Å². The van der Waals surface area contributed by atoms with Crippen molar-refractivity contribution in [3.8, 4) is 11.3 Å². The summed E-state index contributed by atoms with van der Waals surface area (Å²) in [6.45, 7) is 4.09. The molecular formula is C21H21N3O5S. The predicted molar refractivity (Wildman–Crippen MR) is 112 cm³/mol. The molecule has 0 amide bonds. The Labute approximate surface area is 177 Å². The Morgan fingerprint density at radius 2 is 1.97 bits per heavy atom. The third-order valence-electron chi connectivity index (χ3n) is 3.99. The van der Waals surface area contributed by atoms with Gasteiger partial charge in [-0.25, -0.2) is 14.6 Å². The summed E-state index contributed by atoms with van der Waals surface area (Å²) in [7, 11) is 0. The summed E-state index contributed by atoms with van der Waals surface area (Å²) >= 11 is 0.950. The fourth-order valence-corrected chi connectivity index (χ4v) is 3.31. The van der Waals surface area contributed by atoms with Crippen molar-refractivity contribution >= 4 is 29.8 Å². The molecule has 9 heteroatoms. The average molecular weight is 427 g/mol. The van der Waals surface area contributed by atoms with Crippen LogP contribution in [0.25, 0.3) is 17.4 Å². The Morgan fingerprint density at radius 1 is 1.20 bits per heavy atom. The third kappa shape index (κ3) is 5.38. The quantitative estimate of drug-likeness (QED) is 0.293. The smallest absolute Gasteiger partial charge is 0.342 e. The predicted octanol–water partition coefficient (Wildman–Crippen LogP) is 4.41. The number of carbonyl (C=O) groups is 2. The molecule has 1 aromatic carbocycles. The minimum Gasteiger partial charge on any atom is -0.477 e. The number of nitrogens with one attached hydrogen (secondary N) is 1. The number of benzene rings is 1. The van der Waals surface area contributed by atoms with Crippen LogP contribution in [-0.4, -0.2) is 38.8 Å². The zero-order valence-corrected chi connectivity index (χ0v) is 17.4. The molecular weight excluding hydrogens is 406 g/mol. The zero-order chi connectivity index (χ0) is 21.5. The first kappa shape index (κ1) is 21.4. The fourth-order valence-electron chi connectivity index (χ4n) is 2.61. The van der Waals surface area contributed by atoms with Crippen LogP contribution in [0.3, 0.4) is 0 Å². The average Bonchev–Trinajstić information content (AvgIpc) is 3.38. The molecule has 0 unspecified atom stereocenters. The van der Waals surface area contributed by atoms with E-state index in [4.69, 9.17) is 9.15 Å². The first-order chi connectivity index (χ1) is 14.5. The monoisotopic (exact) mass is 427 g/mol. The molecule has 2 N–H and O–H groups in total. The number of carboxylic acids is 1. The van der Waals surface area contributed by atoms with Crippen molar-refractivity contribution in [2.45, 2.75) is 31.8 Å². The minimum atomic E-state index is -1.10. The van der Waals surface area contributed by atoms with E-state index in [1.807, 2.05) is 6.92 Å². The van der Waals surface area contributed by atoms with E-state index in [0.29, 0.717) is 28.8 Å². The molecule has 30 heavy (non-hydrogen) atoms. The van der Waals surface area contributed by atoms with Crippen LogP contribution < -0.4 is 0 Å². The van der Waals surface area contributed by atoms with Gasteiger partial charge in [0.1, 0.15) is 22.3 Å². The van der Waals surface area contributed by atoms with Crippen molar-refractivity contribution in [3.63, 3.8) is 0 Å². The number of rotatable bonds is 9. The van der Waals surface area contributed by atoms with Gasteiger partial charge in [0.2, 0.25) is 5.16 Å². The summed E-state index contributed by atoms with van der Waals surface area (Å²) in [5.74, 6) is 0.169. The van der Waals surface area contributed by atoms with Crippen LogP contribution in [0.1, 0.15) is 42.2 Å². The van der Waals surface area contributed by atoms with Crippen molar-refractivity contribution in [3.05, 3.63) is 58.5 Å². The normalized spacial score (nSPS) is 11.5. The molecule has 0 aliphatic rings. The molecule has 3 aromatic rings. The lowest BCUT2D eigenvalue weighted by Gasteiger charge is -2.02. The molecule has 0 fully saturated rings. The number of aromatic amines is 1. The number of esters is 1. The summed E-state index contributed by atoms with van der Waals surface area (Å²) in [6.07, 6.45) is 3.09. The highest BCUT2D eigenvalue weighted by atomic mass is 32.2. The second-order valence-electron chi connectivity index (χ2n) is 6.23. The van der Waals surface area contributed by atoms with E-state index in [1.54, 1.807) is 43.3 Å². The standard InChI is InChI=1S/C21H21N3O5S/c1-3-5-18-22-21(24-23-18)30-17(19(25)26)12-15-10-11-16(29-15)13-6-8-14(9-7-13)20(27)28-4-2/h6-12H,3-5H2,1-2H3,(H,25,26)(H,22,23,24)/b17-12-. The molecule has 2 aromatic heterocycles. The second kappa shape index (κ2) is 9.93. The Hall–Kier alpha value is -3.33. The summed E-state index contributed by atoms with van der Waals surface area (Å²) in [5, 5.41) is 16.7. The summed E-state index contributed by atoms with van der Waals surface area (Å²) in [6, 6.07) is 10.2. The highest BCUT2D eigenvalue weighted by molar-refractivity contribution is 8.04. The van der Waals surface area contributed by atoms with Crippen LogP contribution in [0, 0.1) is 0 Å². The summed E-state index contributed by atoms with van der Waals surface area (Å²) < 4.78 is 10.7. The molecule has 0 aliphatic heterocycles. The first-order valence-electron chi connectivity index (χ1n) is 9.41. The fraction of sp³-hybridized carbons (Fsp3) is 0.238. The van der Waals surface area contributed by atoms with Gasteiger partial charge in [-0.1, -0.05) is 19.1 Å².